The zero-order valence-electron chi connectivity index (χ0n) is 25.5. The van der Waals surface area contributed by atoms with Crippen LogP contribution in [-0.2, 0) is 22.6 Å². The van der Waals surface area contributed by atoms with Crippen LogP contribution in [0.2, 0.25) is 5.15 Å². The number of nitrogens with zero attached hydrogens (tertiary/aromatic N) is 7. The second kappa shape index (κ2) is 11.9. The van der Waals surface area contributed by atoms with Crippen molar-refractivity contribution in [2.24, 2.45) is 0 Å². The molecule has 5 aromatic rings. The molecule has 1 N–H and O–H groups in total. The number of imide groups is 1. The van der Waals surface area contributed by atoms with E-state index < -0.39 is 11.9 Å². The summed E-state index contributed by atoms with van der Waals surface area (Å²) in [5.74, 6) is 0.530. The number of piperidine rings is 1. The third kappa shape index (κ3) is 5.51. The summed E-state index contributed by atoms with van der Waals surface area (Å²) in [7, 11) is 0. The molecule has 2 saturated heterocycles. The Morgan fingerprint density at radius 2 is 1.70 bits per heavy atom. The van der Waals surface area contributed by atoms with E-state index in [9.17, 15) is 14.4 Å². The fourth-order valence-electron chi connectivity index (χ4n) is 6.88. The molecule has 0 radical (unpaired) electrons. The Balaban J connectivity index is 0.924. The van der Waals surface area contributed by atoms with Crippen LogP contribution in [0.3, 0.4) is 0 Å². The Hall–Kier alpha value is -5.13. The lowest BCUT2D eigenvalue weighted by Gasteiger charge is -2.35. The molecular formula is C35H31ClN8O3. The molecule has 12 heteroatoms. The van der Waals surface area contributed by atoms with Crippen molar-refractivity contribution in [1.29, 1.82) is 0 Å². The summed E-state index contributed by atoms with van der Waals surface area (Å²) < 4.78 is 1.72. The Labute approximate surface area is 275 Å². The molecule has 1 unspecified atom stereocenters. The van der Waals surface area contributed by atoms with Crippen LogP contribution in [-0.4, -0.2) is 74.4 Å². The standard InChI is InChI=1S/C35H31ClN8O3/c36-29-20-43(21-38-29)35-37-13-12-30(39-35)42-16-14-41(15-17-42)19-23-6-4-22(5-7-23)18-24-8-9-27-32-25(24)2-1-3-26(32)34(47)44(27)28-10-11-31(45)40-33(28)46/h1-9,12-13,20-21,28H,10-11,14-19H2,(H,40,45,46). The number of anilines is 2. The number of imidazole rings is 1. The van der Waals surface area contributed by atoms with E-state index in [2.05, 4.69) is 55.4 Å². The van der Waals surface area contributed by atoms with E-state index in [0.717, 1.165) is 67.0 Å². The first kappa shape index (κ1) is 29.3. The number of hydrogen-bond acceptors (Lipinski definition) is 8. The van der Waals surface area contributed by atoms with Gasteiger partial charge in [-0.3, -0.25) is 34.1 Å². The van der Waals surface area contributed by atoms with Gasteiger partial charge in [-0.1, -0.05) is 54.1 Å². The summed E-state index contributed by atoms with van der Waals surface area (Å²) in [6.45, 7) is 4.46. The Kier molecular flexibility index (Phi) is 7.42. The number of carbonyl (C=O) groups excluding carboxylic acids is 3. The Morgan fingerprint density at radius 3 is 2.47 bits per heavy atom. The summed E-state index contributed by atoms with van der Waals surface area (Å²) in [5.41, 5.74) is 4.90. The maximum atomic E-state index is 13.5. The van der Waals surface area contributed by atoms with Gasteiger partial charge in [-0.2, -0.15) is 4.98 Å². The molecule has 3 amide bonds. The summed E-state index contributed by atoms with van der Waals surface area (Å²) in [4.78, 5) is 57.3. The van der Waals surface area contributed by atoms with Gasteiger partial charge in [0, 0.05) is 56.3 Å². The number of benzene rings is 3. The van der Waals surface area contributed by atoms with Crippen molar-refractivity contribution in [3.63, 3.8) is 0 Å². The number of amides is 3. The van der Waals surface area contributed by atoms with Gasteiger partial charge in [0.05, 0.1) is 11.9 Å². The molecule has 236 valence electrons. The Morgan fingerprint density at radius 1 is 0.894 bits per heavy atom. The highest BCUT2D eigenvalue weighted by Gasteiger charge is 2.40. The van der Waals surface area contributed by atoms with E-state index in [1.165, 1.54) is 11.1 Å². The average molecular weight is 647 g/mol. The van der Waals surface area contributed by atoms with Crippen LogP contribution in [0, 0.1) is 0 Å². The summed E-state index contributed by atoms with van der Waals surface area (Å²) >= 11 is 5.97. The van der Waals surface area contributed by atoms with Crippen LogP contribution in [0.25, 0.3) is 16.7 Å². The number of rotatable bonds is 7. The predicted molar refractivity (Wildman–Crippen MR) is 178 cm³/mol. The molecular weight excluding hydrogens is 616 g/mol. The molecule has 5 heterocycles. The highest BCUT2D eigenvalue weighted by molar-refractivity contribution is 6.29. The third-order valence-electron chi connectivity index (χ3n) is 9.27. The predicted octanol–water partition coefficient (Wildman–Crippen LogP) is 4.15. The molecule has 3 aliphatic heterocycles. The van der Waals surface area contributed by atoms with Gasteiger partial charge in [0.15, 0.2) is 0 Å². The van der Waals surface area contributed by atoms with Crippen molar-refractivity contribution in [3.8, 4) is 5.95 Å². The van der Waals surface area contributed by atoms with Crippen LogP contribution in [0.1, 0.15) is 39.9 Å². The van der Waals surface area contributed by atoms with Crippen LogP contribution in [0.15, 0.2) is 79.4 Å². The van der Waals surface area contributed by atoms with Gasteiger partial charge in [-0.25, -0.2) is 9.97 Å². The fraction of sp³-hybridized carbons (Fsp3) is 0.257. The first-order valence-electron chi connectivity index (χ1n) is 15.7. The minimum Gasteiger partial charge on any atom is -0.354 e. The quantitative estimate of drug-likeness (QED) is 0.262. The van der Waals surface area contributed by atoms with E-state index in [0.29, 0.717) is 23.1 Å². The fourth-order valence-corrected chi connectivity index (χ4v) is 7.03. The average Bonchev–Trinajstić information content (AvgIpc) is 3.65. The molecule has 0 saturated carbocycles. The molecule has 0 aliphatic carbocycles. The van der Waals surface area contributed by atoms with E-state index in [-0.39, 0.29) is 18.2 Å². The van der Waals surface area contributed by atoms with Crippen LogP contribution in [0.5, 0.6) is 0 Å². The topological polar surface area (TPSA) is 117 Å². The molecule has 2 fully saturated rings. The first-order chi connectivity index (χ1) is 22.9. The van der Waals surface area contributed by atoms with E-state index >= 15 is 0 Å². The maximum absolute atomic E-state index is 13.5. The lowest BCUT2D eigenvalue weighted by atomic mass is 9.95. The maximum Gasteiger partial charge on any atom is 0.259 e. The van der Waals surface area contributed by atoms with Gasteiger partial charge in [0.2, 0.25) is 17.8 Å². The van der Waals surface area contributed by atoms with Crippen LogP contribution in [0.4, 0.5) is 11.5 Å². The van der Waals surface area contributed by atoms with Crippen molar-refractivity contribution >= 4 is 51.6 Å². The smallest absolute Gasteiger partial charge is 0.259 e. The molecule has 11 nitrogen and oxygen atoms in total. The number of aromatic nitrogens is 4. The van der Waals surface area contributed by atoms with Crippen molar-refractivity contribution in [3.05, 3.63) is 107 Å². The largest absolute Gasteiger partial charge is 0.354 e. The lowest BCUT2D eigenvalue weighted by molar-refractivity contribution is -0.134. The van der Waals surface area contributed by atoms with Gasteiger partial charge < -0.3 is 4.90 Å². The number of nitrogens with one attached hydrogen (secondary N) is 1. The molecule has 1 atom stereocenters. The Bertz CT molecular complexity index is 2040. The van der Waals surface area contributed by atoms with Crippen molar-refractivity contribution in [1.82, 2.24) is 29.7 Å². The SMILES string of the molecule is O=C1CCC(N2C(=O)c3cccc4c(Cc5ccc(CN6CCN(c7ccnc(-n8cnc(Cl)c8)n7)CC6)cc5)ccc2c34)C(=O)N1. The number of halogens is 1. The normalized spacial score (nSPS) is 18.3. The van der Waals surface area contributed by atoms with Gasteiger partial charge in [0.1, 0.15) is 23.3 Å². The molecule has 3 aliphatic rings. The van der Waals surface area contributed by atoms with Crippen LogP contribution < -0.4 is 15.1 Å². The first-order valence-corrected chi connectivity index (χ1v) is 16.1. The van der Waals surface area contributed by atoms with Gasteiger partial charge >= 0.3 is 0 Å². The zero-order valence-corrected chi connectivity index (χ0v) is 26.2. The summed E-state index contributed by atoms with van der Waals surface area (Å²) in [5, 5.41) is 4.67. The monoisotopic (exact) mass is 646 g/mol. The van der Waals surface area contributed by atoms with Crippen molar-refractivity contribution in [2.45, 2.75) is 31.8 Å². The highest BCUT2D eigenvalue weighted by Crippen LogP contribution is 2.41. The molecule has 0 bridgehead atoms. The van der Waals surface area contributed by atoms with E-state index in [4.69, 9.17) is 16.6 Å². The second-order valence-corrected chi connectivity index (χ2v) is 12.6. The van der Waals surface area contributed by atoms with Crippen molar-refractivity contribution < 1.29 is 14.4 Å². The number of hydrogen-bond donors (Lipinski definition) is 1. The minimum absolute atomic E-state index is 0.191. The molecule has 0 spiro atoms. The lowest BCUT2D eigenvalue weighted by Crippen LogP contribution is -2.53. The van der Waals surface area contributed by atoms with Gasteiger partial charge in [-0.15, -0.1) is 0 Å². The second-order valence-electron chi connectivity index (χ2n) is 12.2. The van der Waals surface area contributed by atoms with Gasteiger partial charge in [-0.05, 0) is 53.1 Å². The highest BCUT2D eigenvalue weighted by atomic mass is 35.5. The van der Waals surface area contributed by atoms with Crippen LogP contribution >= 0.6 is 11.6 Å². The number of carbonyl (C=O) groups is 3. The molecule has 47 heavy (non-hydrogen) atoms. The van der Waals surface area contributed by atoms with E-state index in [1.807, 2.05) is 30.3 Å². The summed E-state index contributed by atoms with van der Waals surface area (Å²) in [6, 6.07) is 19.8. The zero-order chi connectivity index (χ0) is 32.1. The number of piperazine rings is 1. The van der Waals surface area contributed by atoms with Gasteiger partial charge in [0.25, 0.3) is 5.91 Å². The van der Waals surface area contributed by atoms with E-state index in [1.54, 1.807) is 28.2 Å². The minimum atomic E-state index is -0.690. The van der Waals surface area contributed by atoms with Crippen molar-refractivity contribution in [2.75, 3.05) is 36.0 Å². The molecule has 8 rings (SSSR count). The third-order valence-corrected chi connectivity index (χ3v) is 9.46. The molecule has 3 aromatic carbocycles. The summed E-state index contributed by atoms with van der Waals surface area (Å²) in [6.07, 6.45) is 6.33. The molecule has 2 aromatic heterocycles.